The first-order valence-corrected chi connectivity index (χ1v) is 11.1. The van der Waals surface area contributed by atoms with Crippen LogP contribution < -0.4 is 15.4 Å². The smallest absolute Gasteiger partial charge is 0.345 e. The van der Waals surface area contributed by atoms with Crippen LogP contribution in [-0.4, -0.2) is 40.1 Å². The second kappa shape index (κ2) is 8.65. The number of pyridine rings is 1. The summed E-state index contributed by atoms with van der Waals surface area (Å²) in [5.74, 6) is 0.0554. The van der Waals surface area contributed by atoms with Crippen LogP contribution in [0.3, 0.4) is 0 Å². The number of amides is 1. The fraction of sp³-hybridized carbons (Fsp3) is 0.238. The Morgan fingerprint density at radius 1 is 1.27 bits per heavy atom. The van der Waals surface area contributed by atoms with Crippen molar-refractivity contribution in [1.29, 1.82) is 0 Å². The highest BCUT2D eigenvalue weighted by molar-refractivity contribution is 7.21. The van der Waals surface area contributed by atoms with Gasteiger partial charge in [-0.25, -0.2) is 9.97 Å². The van der Waals surface area contributed by atoms with E-state index in [-0.39, 0.29) is 34.6 Å². The minimum absolute atomic E-state index is 0.00295. The van der Waals surface area contributed by atoms with Crippen molar-refractivity contribution in [3.8, 4) is 11.8 Å². The summed E-state index contributed by atoms with van der Waals surface area (Å²) in [6.07, 6.45) is 1.26. The first-order chi connectivity index (χ1) is 15.9. The number of alkyl halides is 2. The zero-order valence-corrected chi connectivity index (χ0v) is 18.6. The predicted octanol–water partition coefficient (Wildman–Crippen LogP) is 4.97. The summed E-state index contributed by atoms with van der Waals surface area (Å²) in [6.45, 7) is -0.861. The average molecular weight is 492 g/mol. The van der Waals surface area contributed by atoms with Gasteiger partial charge in [-0.15, -0.1) is 11.3 Å². The number of aromatic nitrogens is 3. The third kappa shape index (κ3) is 4.26. The van der Waals surface area contributed by atoms with Gasteiger partial charge in [-0.2, -0.15) is 13.8 Å². The van der Waals surface area contributed by atoms with Gasteiger partial charge in [0.15, 0.2) is 0 Å². The first-order valence-electron chi connectivity index (χ1n) is 9.89. The summed E-state index contributed by atoms with van der Waals surface area (Å²) in [6, 6.07) is 7.20. The zero-order chi connectivity index (χ0) is 23.1. The van der Waals surface area contributed by atoms with Crippen LogP contribution in [0.4, 0.5) is 14.5 Å². The third-order valence-corrected chi connectivity index (χ3v) is 6.36. The molecule has 0 aliphatic carbocycles. The molecule has 0 radical (unpaired) electrons. The van der Waals surface area contributed by atoms with E-state index in [1.165, 1.54) is 17.5 Å². The van der Waals surface area contributed by atoms with Crippen molar-refractivity contribution in [1.82, 2.24) is 20.3 Å². The number of hydrogen-bond acceptors (Lipinski definition) is 8. The average Bonchev–Trinajstić information content (AvgIpc) is 3.09. The Hall–Kier alpha value is -3.15. The Kier molecular flexibility index (Phi) is 5.69. The number of thiophene rings is 1. The molecule has 4 aromatic rings. The Labute approximate surface area is 194 Å². The number of halogens is 3. The van der Waals surface area contributed by atoms with Crippen molar-refractivity contribution in [2.24, 2.45) is 0 Å². The largest absolute Gasteiger partial charge is 0.420 e. The summed E-state index contributed by atoms with van der Waals surface area (Å²) >= 11 is 7.26. The summed E-state index contributed by atoms with van der Waals surface area (Å²) in [5.41, 5.74) is 1.61. The highest BCUT2D eigenvalue weighted by Gasteiger charge is 2.25. The van der Waals surface area contributed by atoms with Crippen LogP contribution in [0.15, 0.2) is 30.5 Å². The fourth-order valence-electron chi connectivity index (χ4n) is 3.57. The van der Waals surface area contributed by atoms with Crippen molar-refractivity contribution < 1.29 is 23.0 Å². The van der Waals surface area contributed by atoms with Crippen LogP contribution >= 0.6 is 22.9 Å². The summed E-state index contributed by atoms with van der Waals surface area (Å²) in [5, 5.41) is 7.98. The number of hydrogen-bond donors (Lipinski definition) is 2. The monoisotopic (exact) mass is 491 g/mol. The van der Waals surface area contributed by atoms with Crippen LogP contribution in [0.25, 0.3) is 21.0 Å². The predicted molar refractivity (Wildman–Crippen MR) is 120 cm³/mol. The third-order valence-electron chi connectivity index (χ3n) is 5.03. The molecular formula is C21H16ClF2N5O3S. The number of rotatable bonds is 5. The van der Waals surface area contributed by atoms with Crippen LogP contribution in [0.2, 0.25) is 5.28 Å². The van der Waals surface area contributed by atoms with Crippen molar-refractivity contribution in [2.45, 2.75) is 26.2 Å². The maximum absolute atomic E-state index is 12.6. The number of fused-ring (bicyclic) bond motifs is 5. The van der Waals surface area contributed by atoms with Gasteiger partial charge in [0.05, 0.1) is 23.4 Å². The zero-order valence-electron chi connectivity index (χ0n) is 17.1. The van der Waals surface area contributed by atoms with E-state index in [4.69, 9.17) is 16.3 Å². The minimum Gasteiger partial charge on any atom is -0.420 e. The summed E-state index contributed by atoms with van der Waals surface area (Å²) in [7, 11) is 0. The molecule has 2 N–H and O–H groups in total. The van der Waals surface area contributed by atoms with Crippen LogP contribution in [0.5, 0.6) is 11.8 Å². The maximum atomic E-state index is 12.6. The lowest BCUT2D eigenvalue weighted by molar-refractivity contribution is -0.137. The van der Waals surface area contributed by atoms with E-state index in [2.05, 4.69) is 30.3 Å². The number of carbonyl (C=O) groups is 1. The number of carbonyl (C=O) groups excluding carboxylic acids is 1. The number of nitrogens with zero attached hydrogens (tertiary/aromatic N) is 3. The van der Waals surface area contributed by atoms with E-state index in [9.17, 15) is 13.6 Å². The molecule has 0 saturated carbocycles. The van der Waals surface area contributed by atoms with Gasteiger partial charge in [-0.05, 0) is 36.7 Å². The Morgan fingerprint density at radius 3 is 2.94 bits per heavy atom. The molecule has 170 valence electrons. The second-order valence-electron chi connectivity index (χ2n) is 7.36. The van der Waals surface area contributed by atoms with Crippen molar-refractivity contribution in [3.05, 3.63) is 46.2 Å². The van der Waals surface area contributed by atoms with Gasteiger partial charge >= 0.3 is 6.61 Å². The van der Waals surface area contributed by atoms with E-state index in [0.717, 1.165) is 21.2 Å². The van der Waals surface area contributed by atoms with E-state index in [0.29, 0.717) is 16.9 Å². The Balaban J connectivity index is 1.53. The van der Waals surface area contributed by atoms with E-state index < -0.39 is 13.2 Å². The molecule has 8 nitrogen and oxygen atoms in total. The quantitative estimate of drug-likeness (QED) is 0.380. The molecule has 0 fully saturated rings. The van der Waals surface area contributed by atoms with Gasteiger partial charge in [0.2, 0.25) is 17.0 Å². The van der Waals surface area contributed by atoms with Gasteiger partial charge in [-0.1, -0.05) is 0 Å². The highest BCUT2D eigenvalue weighted by atomic mass is 35.5. The lowest BCUT2D eigenvalue weighted by atomic mass is 10.1. The van der Waals surface area contributed by atoms with Crippen molar-refractivity contribution in [3.63, 3.8) is 0 Å². The van der Waals surface area contributed by atoms with Gasteiger partial charge in [0.25, 0.3) is 5.91 Å². The molecule has 1 aliphatic rings. The molecule has 3 aromatic heterocycles. The molecular weight excluding hydrogens is 476 g/mol. The number of anilines is 1. The first kappa shape index (κ1) is 21.7. The molecule has 0 saturated heterocycles. The number of ether oxygens (including phenoxy) is 2. The minimum atomic E-state index is -2.95. The van der Waals surface area contributed by atoms with Gasteiger partial charge in [-0.3, -0.25) is 4.79 Å². The summed E-state index contributed by atoms with van der Waals surface area (Å²) in [4.78, 5) is 25.5. The van der Waals surface area contributed by atoms with E-state index >= 15 is 0 Å². The number of nitrogens with one attached hydrogen (secondary N) is 2. The number of benzene rings is 1. The van der Waals surface area contributed by atoms with Crippen LogP contribution in [0.1, 0.15) is 22.2 Å². The Morgan fingerprint density at radius 2 is 2.12 bits per heavy atom. The van der Waals surface area contributed by atoms with Crippen molar-refractivity contribution >= 4 is 55.5 Å². The molecule has 1 aliphatic heterocycles. The molecule has 0 bridgehead atoms. The fourth-order valence-corrected chi connectivity index (χ4v) is 4.80. The molecule has 0 spiro atoms. The molecule has 1 aromatic carbocycles. The SMILES string of the molecule is C[C@@H]1CNc2c(sc3ccc4nc(Oc5nc(Cl)ncc5COC(F)F)ccc4c23)C(=O)N1. The normalized spacial score (nSPS) is 15.9. The van der Waals surface area contributed by atoms with Gasteiger partial charge in [0, 0.05) is 40.3 Å². The maximum Gasteiger partial charge on any atom is 0.345 e. The molecule has 1 amide bonds. The van der Waals surface area contributed by atoms with Gasteiger partial charge in [0.1, 0.15) is 4.88 Å². The standard InChI is InChI=1S/C21H16ClF2N5O3S/c1-9-6-25-16-15-11-2-5-14(28-12(11)3-4-13(15)33-17(16)18(30)27-9)32-19-10(8-31-21(23)24)7-26-20(22)29-19/h2-5,7,9,21,25H,6,8H2,1H3,(H,27,30)/t9-/m1/s1. The lowest BCUT2D eigenvalue weighted by Crippen LogP contribution is -2.34. The lowest BCUT2D eigenvalue weighted by Gasteiger charge is -2.11. The molecule has 1 atom stereocenters. The highest BCUT2D eigenvalue weighted by Crippen LogP contribution is 2.41. The van der Waals surface area contributed by atoms with E-state index in [1.807, 2.05) is 25.1 Å². The van der Waals surface area contributed by atoms with Crippen LogP contribution in [0, 0.1) is 0 Å². The molecule has 4 heterocycles. The van der Waals surface area contributed by atoms with Crippen molar-refractivity contribution in [2.75, 3.05) is 11.9 Å². The van der Waals surface area contributed by atoms with E-state index in [1.54, 1.807) is 6.07 Å². The molecule has 5 rings (SSSR count). The van der Waals surface area contributed by atoms with Gasteiger partial charge < -0.3 is 20.1 Å². The second-order valence-corrected chi connectivity index (χ2v) is 8.75. The topological polar surface area (TPSA) is 98.3 Å². The molecule has 0 unspecified atom stereocenters. The molecule has 12 heteroatoms. The van der Waals surface area contributed by atoms with Crippen LogP contribution in [-0.2, 0) is 11.3 Å². The Bertz CT molecular complexity index is 1380. The molecule has 33 heavy (non-hydrogen) atoms. The summed E-state index contributed by atoms with van der Waals surface area (Å²) < 4.78 is 35.9.